The average molecular weight is 376 g/mol. The highest BCUT2D eigenvalue weighted by atomic mass is 35.5. The Hall–Kier alpha value is -2.40. The van der Waals surface area contributed by atoms with Gasteiger partial charge in [0.15, 0.2) is 6.61 Å². The summed E-state index contributed by atoms with van der Waals surface area (Å²) in [6.07, 6.45) is 3.03. The van der Waals surface area contributed by atoms with Crippen LogP contribution in [0.25, 0.3) is 0 Å². The van der Waals surface area contributed by atoms with Crippen LogP contribution in [-0.4, -0.2) is 18.5 Å². The minimum absolute atomic E-state index is 0.352. The van der Waals surface area contributed by atoms with Gasteiger partial charge in [-0.3, -0.25) is 9.59 Å². The van der Waals surface area contributed by atoms with E-state index in [-0.39, 0.29) is 5.82 Å². The van der Waals surface area contributed by atoms with E-state index in [2.05, 4.69) is 5.32 Å². The Labute approximate surface area is 156 Å². The molecule has 136 valence electrons. The number of halogens is 2. The Kier molecular flexibility index (Phi) is 5.57. The number of carbonyl (C=O) groups excluding carboxylic acids is 2. The summed E-state index contributed by atoms with van der Waals surface area (Å²) >= 11 is 6.00. The van der Waals surface area contributed by atoms with E-state index >= 15 is 0 Å². The molecule has 1 aliphatic rings. The van der Waals surface area contributed by atoms with E-state index in [0.717, 1.165) is 18.4 Å². The largest absolute Gasteiger partial charge is 0.455 e. The van der Waals surface area contributed by atoms with Gasteiger partial charge in [-0.2, -0.15) is 0 Å². The predicted octanol–water partition coefficient (Wildman–Crippen LogP) is 4.47. The second-order valence-electron chi connectivity index (χ2n) is 6.40. The summed E-state index contributed by atoms with van der Waals surface area (Å²) in [4.78, 5) is 24.8. The molecule has 1 N–H and O–H groups in total. The molecule has 1 fully saturated rings. The molecule has 3 rings (SSSR count). The molecule has 2 aromatic rings. The van der Waals surface area contributed by atoms with Gasteiger partial charge in [0.05, 0.1) is 16.1 Å². The Morgan fingerprint density at radius 1 is 1.08 bits per heavy atom. The van der Waals surface area contributed by atoms with Gasteiger partial charge in [0, 0.05) is 0 Å². The Bertz CT molecular complexity index is 801. The molecule has 0 atom stereocenters. The number of anilines is 1. The van der Waals surface area contributed by atoms with Gasteiger partial charge in [-0.15, -0.1) is 0 Å². The molecule has 26 heavy (non-hydrogen) atoms. The van der Waals surface area contributed by atoms with Gasteiger partial charge in [0.1, 0.15) is 5.82 Å². The Morgan fingerprint density at radius 3 is 2.38 bits per heavy atom. The molecule has 0 aromatic heterocycles. The third kappa shape index (κ3) is 3.88. The number of carbonyl (C=O) groups is 2. The van der Waals surface area contributed by atoms with Crippen LogP contribution in [0.3, 0.4) is 0 Å². The monoisotopic (exact) mass is 375 g/mol. The van der Waals surface area contributed by atoms with Crippen LogP contribution in [0.2, 0.25) is 5.02 Å². The molecule has 6 heteroatoms. The quantitative estimate of drug-likeness (QED) is 0.784. The van der Waals surface area contributed by atoms with Crippen LogP contribution in [0.4, 0.5) is 10.1 Å². The first-order chi connectivity index (χ1) is 12.5. The van der Waals surface area contributed by atoms with Crippen molar-refractivity contribution in [2.45, 2.75) is 31.1 Å². The van der Waals surface area contributed by atoms with Crippen molar-refractivity contribution in [3.8, 4) is 0 Å². The Morgan fingerprint density at radius 2 is 1.73 bits per heavy atom. The highest BCUT2D eigenvalue weighted by Crippen LogP contribution is 2.42. The summed E-state index contributed by atoms with van der Waals surface area (Å²) in [5.41, 5.74) is 0.385. The van der Waals surface area contributed by atoms with Crippen LogP contribution in [0.5, 0.6) is 0 Å². The molecular weight excluding hydrogens is 357 g/mol. The van der Waals surface area contributed by atoms with E-state index in [1.165, 1.54) is 12.1 Å². The molecule has 0 radical (unpaired) electrons. The second-order valence-corrected chi connectivity index (χ2v) is 6.81. The average Bonchev–Trinajstić information content (AvgIpc) is 3.13. The summed E-state index contributed by atoms with van der Waals surface area (Å²) in [5, 5.41) is 3.03. The maximum absolute atomic E-state index is 13.2. The lowest BCUT2D eigenvalue weighted by Crippen LogP contribution is -2.36. The SMILES string of the molecule is O=C(COC(=O)C1(c2ccc(F)cc2)CCCC1)Nc1ccccc1Cl. The van der Waals surface area contributed by atoms with E-state index in [1.54, 1.807) is 36.4 Å². The standard InChI is InChI=1S/C20H19ClFNO3/c21-16-5-1-2-6-17(16)23-18(24)13-26-19(25)20(11-3-4-12-20)14-7-9-15(22)10-8-14/h1-2,5-10H,3-4,11-13H2,(H,23,24). The number of hydrogen-bond acceptors (Lipinski definition) is 3. The van der Waals surface area contributed by atoms with Crippen molar-refractivity contribution >= 4 is 29.2 Å². The summed E-state index contributed by atoms with van der Waals surface area (Å²) in [5.74, 6) is -1.26. The van der Waals surface area contributed by atoms with Gasteiger partial charge in [0.25, 0.3) is 5.91 Å². The number of rotatable bonds is 5. The minimum atomic E-state index is -0.807. The van der Waals surface area contributed by atoms with E-state index in [4.69, 9.17) is 16.3 Å². The molecule has 1 aliphatic carbocycles. The van der Waals surface area contributed by atoms with Crippen molar-refractivity contribution in [3.05, 3.63) is 64.9 Å². The minimum Gasteiger partial charge on any atom is -0.455 e. The zero-order valence-corrected chi connectivity index (χ0v) is 14.9. The first kappa shape index (κ1) is 18.4. The lowest BCUT2D eigenvalue weighted by molar-refractivity contribution is -0.153. The number of benzene rings is 2. The summed E-state index contributed by atoms with van der Waals surface area (Å²) in [6, 6.07) is 12.7. The summed E-state index contributed by atoms with van der Waals surface area (Å²) in [7, 11) is 0. The van der Waals surface area contributed by atoms with Crippen LogP contribution in [0.1, 0.15) is 31.2 Å². The van der Waals surface area contributed by atoms with Crippen LogP contribution >= 0.6 is 11.6 Å². The third-order valence-corrected chi connectivity index (χ3v) is 5.06. The molecule has 1 amide bonds. The fourth-order valence-electron chi connectivity index (χ4n) is 3.38. The normalized spacial score (nSPS) is 15.5. The third-order valence-electron chi connectivity index (χ3n) is 4.73. The van der Waals surface area contributed by atoms with Gasteiger partial charge < -0.3 is 10.1 Å². The van der Waals surface area contributed by atoms with Gasteiger partial charge in [-0.1, -0.05) is 48.7 Å². The second kappa shape index (κ2) is 7.87. The predicted molar refractivity (Wildman–Crippen MR) is 97.6 cm³/mol. The molecule has 4 nitrogen and oxygen atoms in total. The van der Waals surface area contributed by atoms with Crippen molar-refractivity contribution in [2.75, 3.05) is 11.9 Å². The van der Waals surface area contributed by atoms with Crippen molar-refractivity contribution in [2.24, 2.45) is 0 Å². The maximum atomic E-state index is 13.2. The van der Waals surface area contributed by atoms with E-state index in [9.17, 15) is 14.0 Å². The molecule has 0 saturated heterocycles. The van der Waals surface area contributed by atoms with E-state index < -0.39 is 23.9 Å². The van der Waals surface area contributed by atoms with Gasteiger partial charge in [0.2, 0.25) is 0 Å². The molecule has 0 bridgehead atoms. The number of hydrogen-bond donors (Lipinski definition) is 1. The van der Waals surface area contributed by atoms with Crippen molar-refractivity contribution in [1.29, 1.82) is 0 Å². The van der Waals surface area contributed by atoms with Gasteiger partial charge >= 0.3 is 5.97 Å². The van der Waals surface area contributed by atoms with Crippen molar-refractivity contribution in [1.82, 2.24) is 0 Å². The molecule has 0 heterocycles. The Balaban J connectivity index is 1.66. The number of esters is 1. The topological polar surface area (TPSA) is 55.4 Å². The number of amides is 1. The first-order valence-corrected chi connectivity index (χ1v) is 8.87. The van der Waals surface area contributed by atoms with E-state index in [0.29, 0.717) is 23.6 Å². The number of para-hydroxylation sites is 1. The molecule has 1 saturated carbocycles. The fourth-order valence-corrected chi connectivity index (χ4v) is 3.56. The zero-order valence-electron chi connectivity index (χ0n) is 14.1. The highest BCUT2D eigenvalue weighted by Gasteiger charge is 2.44. The maximum Gasteiger partial charge on any atom is 0.317 e. The van der Waals surface area contributed by atoms with E-state index in [1.807, 2.05) is 0 Å². The fraction of sp³-hybridized carbons (Fsp3) is 0.300. The molecular formula is C20H19ClFNO3. The van der Waals surface area contributed by atoms with Crippen LogP contribution in [-0.2, 0) is 19.7 Å². The van der Waals surface area contributed by atoms with Crippen molar-refractivity contribution in [3.63, 3.8) is 0 Å². The molecule has 0 aliphatic heterocycles. The van der Waals surface area contributed by atoms with Crippen molar-refractivity contribution < 1.29 is 18.7 Å². The lowest BCUT2D eigenvalue weighted by Gasteiger charge is -2.27. The molecule has 0 spiro atoms. The lowest BCUT2D eigenvalue weighted by atomic mass is 9.79. The van der Waals surface area contributed by atoms with Crippen LogP contribution in [0, 0.1) is 5.82 Å². The highest BCUT2D eigenvalue weighted by molar-refractivity contribution is 6.33. The zero-order chi connectivity index (χ0) is 18.6. The number of nitrogens with one attached hydrogen (secondary N) is 1. The van der Waals surface area contributed by atoms with Crippen LogP contribution in [0.15, 0.2) is 48.5 Å². The summed E-state index contributed by atoms with van der Waals surface area (Å²) in [6.45, 7) is -0.396. The van der Waals surface area contributed by atoms with Gasteiger partial charge in [-0.25, -0.2) is 4.39 Å². The van der Waals surface area contributed by atoms with Crippen LogP contribution < -0.4 is 5.32 Å². The summed E-state index contributed by atoms with van der Waals surface area (Å²) < 4.78 is 18.5. The number of ether oxygens (including phenoxy) is 1. The molecule has 0 unspecified atom stereocenters. The first-order valence-electron chi connectivity index (χ1n) is 8.49. The van der Waals surface area contributed by atoms with Gasteiger partial charge in [-0.05, 0) is 42.7 Å². The smallest absolute Gasteiger partial charge is 0.317 e. The molecule has 2 aromatic carbocycles.